The highest BCUT2D eigenvalue weighted by Crippen LogP contribution is 2.18. The summed E-state index contributed by atoms with van der Waals surface area (Å²) in [5, 5.41) is 29.0. The van der Waals surface area contributed by atoms with Crippen molar-refractivity contribution in [1.29, 1.82) is 0 Å². The Morgan fingerprint density at radius 2 is 1.60 bits per heavy atom. The Labute approximate surface area is 120 Å². The molecule has 0 aromatic heterocycles. The van der Waals surface area contributed by atoms with Gasteiger partial charge in [0.15, 0.2) is 0 Å². The van der Waals surface area contributed by atoms with Crippen molar-refractivity contribution in [3.63, 3.8) is 0 Å². The molecule has 6 nitrogen and oxygen atoms in total. The van der Waals surface area contributed by atoms with Gasteiger partial charge in [0.1, 0.15) is 18.5 Å². The van der Waals surface area contributed by atoms with Gasteiger partial charge in [-0.05, 0) is 25.9 Å². The van der Waals surface area contributed by atoms with E-state index in [0.717, 1.165) is 45.1 Å². The zero-order valence-electron chi connectivity index (χ0n) is 12.0. The molecule has 0 aliphatic carbocycles. The Hall–Kier alpha value is -0.530. The number of β-amino-alcohol motifs (C(OH)–C–C–N with tert-alkyl or cyclic N) is 1. The summed E-state index contributed by atoms with van der Waals surface area (Å²) >= 11 is 0. The number of aliphatic hydroxyl groups excluding tert-OH is 3. The average Bonchev–Trinajstić information content (AvgIpc) is 2.44. The minimum atomic E-state index is -1.24. The van der Waals surface area contributed by atoms with Crippen LogP contribution in [0.5, 0.6) is 0 Å². The third-order valence-corrected chi connectivity index (χ3v) is 3.98. The molecule has 0 saturated carbocycles. The van der Waals surface area contributed by atoms with Gasteiger partial charge in [-0.2, -0.15) is 0 Å². The minimum Gasteiger partial charge on any atom is -0.389 e. The normalized spacial score (nSPS) is 31.4. The standard InChI is InChI=1S/C14H28N2O4/c15-7-5-3-1-2-4-6-8-16-9-12(18)14(20)13(19)11(16)10-17/h10-14,18-20H,1-9,15H2/t11?,12-,13-,14+/m0/s1. The summed E-state index contributed by atoms with van der Waals surface area (Å²) in [4.78, 5) is 12.8. The quantitative estimate of drug-likeness (QED) is 0.328. The second-order valence-electron chi connectivity index (χ2n) is 5.58. The maximum atomic E-state index is 11.0. The van der Waals surface area contributed by atoms with Crippen LogP contribution < -0.4 is 5.73 Å². The Morgan fingerprint density at radius 3 is 2.20 bits per heavy atom. The molecule has 1 fully saturated rings. The van der Waals surface area contributed by atoms with Crippen LogP contribution in [0.25, 0.3) is 0 Å². The van der Waals surface area contributed by atoms with E-state index in [0.29, 0.717) is 12.8 Å². The number of likely N-dealkylation sites (tertiary alicyclic amines) is 1. The molecule has 0 spiro atoms. The Balaban J connectivity index is 2.25. The van der Waals surface area contributed by atoms with E-state index < -0.39 is 24.4 Å². The maximum Gasteiger partial charge on any atom is 0.139 e. The third kappa shape index (κ3) is 5.10. The predicted molar refractivity (Wildman–Crippen MR) is 76.2 cm³/mol. The number of nitrogens with zero attached hydrogens (tertiary/aromatic N) is 1. The number of hydrogen-bond donors (Lipinski definition) is 4. The summed E-state index contributed by atoms with van der Waals surface area (Å²) in [7, 11) is 0. The first-order valence-corrected chi connectivity index (χ1v) is 7.55. The van der Waals surface area contributed by atoms with Crippen molar-refractivity contribution in [3.05, 3.63) is 0 Å². The highest BCUT2D eigenvalue weighted by molar-refractivity contribution is 5.59. The van der Waals surface area contributed by atoms with Crippen molar-refractivity contribution in [3.8, 4) is 0 Å². The van der Waals surface area contributed by atoms with Gasteiger partial charge >= 0.3 is 0 Å². The fourth-order valence-electron chi connectivity index (χ4n) is 2.69. The second-order valence-corrected chi connectivity index (χ2v) is 5.58. The van der Waals surface area contributed by atoms with Gasteiger partial charge in [-0.3, -0.25) is 4.90 Å². The lowest BCUT2D eigenvalue weighted by Gasteiger charge is -2.41. The van der Waals surface area contributed by atoms with E-state index in [1.54, 1.807) is 4.90 Å². The van der Waals surface area contributed by atoms with Crippen molar-refractivity contribution in [2.45, 2.75) is 62.9 Å². The highest BCUT2D eigenvalue weighted by atomic mass is 16.4. The third-order valence-electron chi connectivity index (χ3n) is 3.98. The van der Waals surface area contributed by atoms with E-state index in [1.165, 1.54) is 0 Å². The lowest BCUT2D eigenvalue weighted by molar-refractivity contribution is -0.147. The van der Waals surface area contributed by atoms with Gasteiger partial charge < -0.3 is 25.8 Å². The molecule has 1 heterocycles. The van der Waals surface area contributed by atoms with Gasteiger partial charge in [0.2, 0.25) is 0 Å². The van der Waals surface area contributed by atoms with Crippen molar-refractivity contribution < 1.29 is 20.1 Å². The van der Waals surface area contributed by atoms with Crippen LogP contribution in [0.4, 0.5) is 0 Å². The molecule has 4 atom stereocenters. The monoisotopic (exact) mass is 288 g/mol. The molecular formula is C14H28N2O4. The number of nitrogens with two attached hydrogens (primary N) is 1. The minimum absolute atomic E-state index is 0.231. The van der Waals surface area contributed by atoms with Crippen LogP contribution in [0.1, 0.15) is 38.5 Å². The SMILES string of the molecule is NCCCCCCCCN1C[C@H](O)[C@@H](O)[C@@H](O)C1C=O. The number of hydrogen-bond acceptors (Lipinski definition) is 6. The molecule has 1 aliphatic heterocycles. The van der Waals surface area contributed by atoms with Crippen LogP contribution in [0.2, 0.25) is 0 Å². The van der Waals surface area contributed by atoms with E-state index in [9.17, 15) is 20.1 Å². The number of rotatable bonds is 9. The first-order chi connectivity index (χ1) is 9.61. The van der Waals surface area contributed by atoms with Crippen LogP contribution in [0.3, 0.4) is 0 Å². The lowest BCUT2D eigenvalue weighted by Crippen LogP contribution is -2.61. The van der Waals surface area contributed by atoms with Crippen LogP contribution in [0.15, 0.2) is 0 Å². The van der Waals surface area contributed by atoms with Crippen molar-refractivity contribution in [1.82, 2.24) is 4.90 Å². The molecule has 0 bridgehead atoms. The van der Waals surface area contributed by atoms with Crippen LogP contribution in [0, 0.1) is 0 Å². The molecule has 0 radical (unpaired) electrons. The predicted octanol–water partition coefficient (Wildman–Crippen LogP) is -0.748. The van der Waals surface area contributed by atoms with E-state index in [-0.39, 0.29) is 6.54 Å². The van der Waals surface area contributed by atoms with Gasteiger partial charge in [-0.1, -0.05) is 25.7 Å². The van der Waals surface area contributed by atoms with Crippen LogP contribution in [-0.2, 0) is 4.79 Å². The van der Waals surface area contributed by atoms with E-state index in [2.05, 4.69) is 0 Å². The number of carbonyl (C=O) groups excluding carboxylic acids is 1. The fraction of sp³-hybridized carbons (Fsp3) is 0.929. The molecule has 20 heavy (non-hydrogen) atoms. The zero-order valence-corrected chi connectivity index (χ0v) is 12.0. The molecule has 118 valence electrons. The lowest BCUT2D eigenvalue weighted by atomic mass is 9.94. The van der Waals surface area contributed by atoms with Crippen molar-refractivity contribution >= 4 is 6.29 Å². The van der Waals surface area contributed by atoms with Gasteiger partial charge in [0.05, 0.1) is 12.1 Å². The van der Waals surface area contributed by atoms with Crippen molar-refractivity contribution in [2.75, 3.05) is 19.6 Å². The zero-order chi connectivity index (χ0) is 15.0. The molecule has 5 N–H and O–H groups in total. The molecule has 0 aromatic rings. The topological polar surface area (TPSA) is 107 Å². The first kappa shape index (κ1) is 17.5. The van der Waals surface area contributed by atoms with Gasteiger partial charge in [0, 0.05) is 6.54 Å². The fourth-order valence-corrected chi connectivity index (χ4v) is 2.69. The summed E-state index contributed by atoms with van der Waals surface area (Å²) in [5.41, 5.74) is 5.43. The van der Waals surface area contributed by atoms with Gasteiger partial charge in [-0.25, -0.2) is 0 Å². The molecule has 1 aliphatic rings. The number of piperidine rings is 1. The summed E-state index contributed by atoms with van der Waals surface area (Å²) in [6, 6.07) is -0.717. The highest BCUT2D eigenvalue weighted by Gasteiger charge is 2.40. The molecular weight excluding hydrogens is 260 g/mol. The average molecular weight is 288 g/mol. The first-order valence-electron chi connectivity index (χ1n) is 7.55. The summed E-state index contributed by atoms with van der Waals surface area (Å²) in [6.07, 6.45) is 3.71. The molecule has 1 rings (SSSR count). The van der Waals surface area contributed by atoms with E-state index >= 15 is 0 Å². The number of aliphatic hydroxyl groups is 3. The second kappa shape index (κ2) is 9.41. The van der Waals surface area contributed by atoms with Gasteiger partial charge in [0.25, 0.3) is 0 Å². The van der Waals surface area contributed by atoms with E-state index in [1.807, 2.05) is 0 Å². The summed E-state index contributed by atoms with van der Waals surface area (Å²) in [5.74, 6) is 0. The van der Waals surface area contributed by atoms with Crippen molar-refractivity contribution in [2.24, 2.45) is 5.73 Å². The number of unbranched alkanes of at least 4 members (excludes halogenated alkanes) is 5. The van der Waals surface area contributed by atoms with Gasteiger partial charge in [-0.15, -0.1) is 0 Å². The molecule has 1 saturated heterocycles. The maximum absolute atomic E-state index is 11.0. The van der Waals surface area contributed by atoms with E-state index in [4.69, 9.17) is 5.73 Å². The Kier molecular flexibility index (Phi) is 8.25. The molecule has 0 aromatic carbocycles. The van der Waals surface area contributed by atoms with Crippen LogP contribution in [-0.4, -0.2) is 70.5 Å². The Bertz CT molecular complexity index is 278. The largest absolute Gasteiger partial charge is 0.389 e. The summed E-state index contributed by atoms with van der Waals surface area (Å²) < 4.78 is 0. The Morgan fingerprint density at radius 1 is 1.00 bits per heavy atom. The number of aldehydes is 1. The molecule has 6 heteroatoms. The smallest absolute Gasteiger partial charge is 0.139 e. The molecule has 1 unspecified atom stereocenters. The number of carbonyl (C=O) groups is 1. The molecule has 0 amide bonds. The summed E-state index contributed by atoms with van der Waals surface area (Å²) in [6.45, 7) is 1.63. The van der Waals surface area contributed by atoms with Crippen LogP contribution >= 0.6 is 0 Å².